The normalized spacial score (nSPS) is 14.7. The zero-order valence-corrected chi connectivity index (χ0v) is 34.8. The maximum atomic E-state index is 11.3. The molecule has 0 saturated heterocycles. The number of hydrogen-bond donors (Lipinski definition) is 3. The molecule has 15 heteroatoms. The fourth-order valence-corrected chi connectivity index (χ4v) is 19.2. The molecule has 274 valence electrons. The van der Waals surface area contributed by atoms with Crippen molar-refractivity contribution < 1.29 is 46.6 Å². The van der Waals surface area contributed by atoms with E-state index in [9.17, 15) is 15.0 Å². The van der Waals surface area contributed by atoms with Crippen LogP contribution in [-0.4, -0.2) is 128 Å². The van der Waals surface area contributed by atoms with Crippen LogP contribution in [0.25, 0.3) is 0 Å². The molecule has 11 nitrogen and oxygen atoms in total. The topological polar surface area (TPSA) is 134 Å². The molecule has 0 amide bonds. The fraction of sp³-hybridized carbons (Fsp3) is 0.903. The summed E-state index contributed by atoms with van der Waals surface area (Å²) in [5, 5.41) is 23.8. The van der Waals surface area contributed by atoms with Gasteiger partial charge in [0.1, 0.15) is 12.7 Å². The van der Waals surface area contributed by atoms with E-state index in [-0.39, 0.29) is 26.4 Å². The molecule has 0 aromatic carbocycles. The number of carbonyl (C=O) groups is 1. The standard InChI is InChI=1S/C31H69NO10Si4/c1-28(2)31(35)40-21-20-38-25-30(34)24-37-19-15-12-16-22-44(5,6)41-46(9,10)42-45(7,8)27-39-23-29(33)17-13-11-14-18-32-26-43(4)36-3/h29-30,32-34,43H,1,11-27H2,2-10H3. The number of esters is 1. The summed E-state index contributed by atoms with van der Waals surface area (Å²) in [6.45, 7) is 23.0. The van der Waals surface area contributed by atoms with Gasteiger partial charge in [-0.25, -0.2) is 4.79 Å². The van der Waals surface area contributed by atoms with Gasteiger partial charge < -0.3 is 47.1 Å². The van der Waals surface area contributed by atoms with Crippen molar-refractivity contribution in [2.45, 2.75) is 116 Å². The lowest BCUT2D eigenvalue weighted by atomic mass is 10.1. The zero-order chi connectivity index (χ0) is 35.1. The monoisotopic (exact) mass is 727 g/mol. The highest BCUT2D eigenvalue weighted by molar-refractivity contribution is 6.87. The lowest BCUT2D eigenvalue weighted by Gasteiger charge is -2.38. The molecular formula is C31H69NO10Si4. The molecule has 0 radical (unpaired) electrons. The summed E-state index contributed by atoms with van der Waals surface area (Å²) >= 11 is 0. The molecule has 0 spiro atoms. The van der Waals surface area contributed by atoms with E-state index >= 15 is 0 Å². The van der Waals surface area contributed by atoms with Crippen LogP contribution in [0.4, 0.5) is 0 Å². The first-order valence-electron chi connectivity index (χ1n) is 17.0. The number of aliphatic hydroxyl groups excluding tert-OH is 2. The number of nitrogens with one attached hydrogen (secondary N) is 1. The predicted octanol–water partition coefficient (Wildman–Crippen LogP) is 4.42. The SMILES string of the molecule is C=C(C)C(=O)OCCOCC(O)COCCCCC[Si](C)(C)O[Si](C)(C)O[Si](C)(C)COCC(O)CCCCCNC[SiH](C)OC. The van der Waals surface area contributed by atoms with Crippen molar-refractivity contribution in [3.8, 4) is 0 Å². The van der Waals surface area contributed by atoms with Crippen molar-refractivity contribution in [3.05, 3.63) is 12.2 Å². The van der Waals surface area contributed by atoms with Gasteiger partial charge in [0.15, 0.2) is 17.4 Å². The van der Waals surface area contributed by atoms with E-state index in [1.165, 1.54) is 0 Å². The first kappa shape index (κ1) is 45.7. The average molecular weight is 728 g/mol. The highest BCUT2D eigenvalue weighted by Gasteiger charge is 2.39. The molecular weight excluding hydrogens is 659 g/mol. The second kappa shape index (κ2) is 25.7. The van der Waals surface area contributed by atoms with Gasteiger partial charge in [0, 0.05) is 25.5 Å². The first-order chi connectivity index (χ1) is 21.5. The van der Waals surface area contributed by atoms with Crippen LogP contribution < -0.4 is 5.32 Å². The molecule has 3 N–H and O–H groups in total. The molecule has 0 fully saturated rings. The molecule has 0 saturated carbocycles. The number of hydrogen-bond acceptors (Lipinski definition) is 11. The lowest BCUT2D eigenvalue weighted by Crippen LogP contribution is -2.54. The van der Waals surface area contributed by atoms with E-state index in [1.54, 1.807) is 14.0 Å². The van der Waals surface area contributed by atoms with E-state index in [0.717, 1.165) is 63.7 Å². The van der Waals surface area contributed by atoms with Crippen molar-refractivity contribution in [1.82, 2.24) is 5.32 Å². The van der Waals surface area contributed by atoms with Crippen LogP contribution in [0.1, 0.15) is 51.9 Å². The van der Waals surface area contributed by atoms with Crippen LogP contribution in [-0.2, 0) is 36.4 Å². The van der Waals surface area contributed by atoms with Gasteiger partial charge in [-0.2, -0.15) is 0 Å². The number of aliphatic hydroxyl groups is 2. The summed E-state index contributed by atoms with van der Waals surface area (Å²) in [7, 11) is -5.61. The predicted molar refractivity (Wildman–Crippen MR) is 195 cm³/mol. The Morgan fingerprint density at radius 1 is 0.804 bits per heavy atom. The fourth-order valence-electron chi connectivity index (χ4n) is 4.89. The van der Waals surface area contributed by atoms with Gasteiger partial charge >= 0.3 is 14.5 Å². The summed E-state index contributed by atoms with van der Waals surface area (Å²) in [5.41, 5.74) is 0.345. The Hall–Kier alpha value is -0.282. The van der Waals surface area contributed by atoms with Gasteiger partial charge in [-0.15, -0.1) is 0 Å². The highest BCUT2D eigenvalue weighted by Crippen LogP contribution is 2.25. The van der Waals surface area contributed by atoms with Gasteiger partial charge in [-0.05, 0) is 84.6 Å². The first-order valence-corrected chi connectivity index (χ1v) is 28.5. The van der Waals surface area contributed by atoms with Crippen LogP contribution in [0.15, 0.2) is 12.2 Å². The molecule has 3 unspecified atom stereocenters. The number of unbranched alkanes of at least 4 members (excludes halogenated alkanes) is 4. The molecule has 0 heterocycles. The van der Waals surface area contributed by atoms with Gasteiger partial charge in [0.2, 0.25) is 8.32 Å². The Kier molecular flexibility index (Phi) is 25.5. The van der Waals surface area contributed by atoms with Crippen molar-refractivity contribution in [2.24, 2.45) is 0 Å². The Morgan fingerprint density at radius 3 is 2.07 bits per heavy atom. The highest BCUT2D eigenvalue weighted by atomic mass is 28.5. The van der Waals surface area contributed by atoms with E-state index in [4.69, 9.17) is 31.6 Å². The maximum absolute atomic E-state index is 11.3. The van der Waals surface area contributed by atoms with E-state index in [1.807, 2.05) is 0 Å². The van der Waals surface area contributed by atoms with Crippen LogP contribution in [0.2, 0.25) is 51.9 Å². The molecule has 0 bridgehead atoms. The third-order valence-electron chi connectivity index (χ3n) is 7.03. The van der Waals surface area contributed by atoms with Gasteiger partial charge in [0.05, 0.1) is 38.8 Å². The Morgan fingerprint density at radius 2 is 1.41 bits per heavy atom. The molecule has 0 aromatic heterocycles. The Labute approximate surface area is 285 Å². The number of rotatable bonds is 31. The van der Waals surface area contributed by atoms with Crippen LogP contribution in [0, 0.1) is 0 Å². The molecule has 0 aliphatic carbocycles. The molecule has 46 heavy (non-hydrogen) atoms. The van der Waals surface area contributed by atoms with Crippen LogP contribution >= 0.6 is 0 Å². The molecule has 3 atom stereocenters. The molecule has 0 aliphatic rings. The number of ether oxygens (including phenoxy) is 4. The van der Waals surface area contributed by atoms with Crippen molar-refractivity contribution in [1.29, 1.82) is 0 Å². The average Bonchev–Trinajstić information content (AvgIpc) is 2.94. The Balaban J connectivity index is 4.04. The van der Waals surface area contributed by atoms with E-state index < -0.39 is 52.4 Å². The van der Waals surface area contributed by atoms with E-state index in [0.29, 0.717) is 25.0 Å². The third-order valence-corrected chi connectivity index (χ3v) is 19.5. The molecule has 0 rings (SSSR count). The van der Waals surface area contributed by atoms with Crippen LogP contribution in [0.3, 0.4) is 0 Å². The quantitative estimate of drug-likeness (QED) is 0.0406. The molecule has 0 aromatic rings. The summed E-state index contributed by atoms with van der Waals surface area (Å²) in [5.74, 6) is -0.445. The minimum absolute atomic E-state index is 0.129. The summed E-state index contributed by atoms with van der Waals surface area (Å²) in [6.07, 6.45) is 7.38. The largest absolute Gasteiger partial charge is 0.460 e. The summed E-state index contributed by atoms with van der Waals surface area (Å²) in [4.78, 5) is 11.3. The van der Waals surface area contributed by atoms with Crippen LogP contribution in [0.5, 0.6) is 0 Å². The smallest absolute Gasteiger partial charge is 0.333 e. The van der Waals surface area contributed by atoms with E-state index in [2.05, 4.69) is 57.7 Å². The number of carbonyl (C=O) groups excluding carboxylic acids is 1. The van der Waals surface area contributed by atoms with Crippen molar-refractivity contribution >= 4 is 40.2 Å². The van der Waals surface area contributed by atoms with Gasteiger partial charge in [-0.1, -0.05) is 32.3 Å². The maximum Gasteiger partial charge on any atom is 0.333 e. The minimum atomic E-state index is -2.34. The van der Waals surface area contributed by atoms with Gasteiger partial charge in [0.25, 0.3) is 0 Å². The second-order valence-corrected chi connectivity index (χ2v) is 28.7. The van der Waals surface area contributed by atoms with Crippen molar-refractivity contribution in [2.75, 3.05) is 65.7 Å². The Bertz CT molecular complexity index is 807. The third kappa shape index (κ3) is 27.6. The minimum Gasteiger partial charge on any atom is -0.460 e. The summed E-state index contributed by atoms with van der Waals surface area (Å²) < 4.78 is 40.5. The second-order valence-electron chi connectivity index (χ2n) is 13.9. The summed E-state index contributed by atoms with van der Waals surface area (Å²) in [6, 6.07) is 1.05. The van der Waals surface area contributed by atoms with Crippen molar-refractivity contribution in [3.63, 3.8) is 0 Å². The zero-order valence-electron chi connectivity index (χ0n) is 30.6. The van der Waals surface area contributed by atoms with Gasteiger partial charge in [-0.3, -0.25) is 0 Å². The lowest BCUT2D eigenvalue weighted by molar-refractivity contribution is -0.140. The molecule has 0 aliphatic heterocycles.